The third kappa shape index (κ3) is 2.63. The van der Waals surface area contributed by atoms with Crippen molar-refractivity contribution in [3.63, 3.8) is 0 Å². The highest BCUT2D eigenvalue weighted by Gasteiger charge is 2.63. The molecule has 2 atom stereocenters. The summed E-state index contributed by atoms with van der Waals surface area (Å²) < 4.78 is 14.9. The molecule has 0 radical (unpaired) electrons. The molecule has 0 aromatic heterocycles. The molecule has 1 unspecified atom stereocenters. The van der Waals surface area contributed by atoms with Gasteiger partial charge in [0.15, 0.2) is 5.82 Å². The van der Waals surface area contributed by atoms with E-state index in [1.165, 1.54) is 17.0 Å². The van der Waals surface area contributed by atoms with Gasteiger partial charge in [0.25, 0.3) is 0 Å². The monoisotopic (exact) mass is 362 g/mol. The largest absolute Gasteiger partial charge is 0.465 e. The average molecular weight is 362 g/mol. The second kappa shape index (κ2) is 6.19. The number of hydrogen-bond acceptors (Lipinski definition) is 4. The number of nitrogens with zero attached hydrogens (tertiary/aromatic N) is 4. The van der Waals surface area contributed by atoms with E-state index in [2.05, 4.69) is 10.3 Å². The van der Waals surface area contributed by atoms with E-state index in [4.69, 9.17) is 0 Å². The summed E-state index contributed by atoms with van der Waals surface area (Å²) in [7, 11) is 0. The lowest BCUT2D eigenvalue weighted by molar-refractivity contribution is 0.0499. The Morgan fingerprint density at radius 1 is 1.35 bits per heavy atom. The molecule has 1 amide bonds. The zero-order valence-corrected chi connectivity index (χ0v) is 14.7. The predicted molar refractivity (Wildman–Crippen MR) is 91.5 cm³/mol. The molecule has 0 spiro atoms. The van der Waals surface area contributed by atoms with Gasteiger partial charge in [-0.2, -0.15) is 0 Å². The number of aliphatic hydroxyl groups is 1. The van der Waals surface area contributed by atoms with Crippen molar-refractivity contribution in [2.45, 2.75) is 50.3 Å². The summed E-state index contributed by atoms with van der Waals surface area (Å²) in [6, 6.07) is 3.99. The van der Waals surface area contributed by atoms with Crippen molar-refractivity contribution in [2.75, 3.05) is 13.1 Å². The van der Waals surface area contributed by atoms with E-state index in [0.29, 0.717) is 12.8 Å². The Hall–Kier alpha value is -2.22. The minimum atomic E-state index is -1.22. The summed E-state index contributed by atoms with van der Waals surface area (Å²) in [4.78, 5) is 13.0. The Morgan fingerprint density at radius 2 is 2.04 bits per heavy atom. The van der Waals surface area contributed by atoms with Gasteiger partial charge < -0.3 is 10.2 Å². The number of aliphatic hydroxyl groups excluding tert-OH is 1. The summed E-state index contributed by atoms with van der Waals surface area (Å²) in [5.74, 6) is -0.581. The predicted octanol–water partition coefficient (Wildman–Crippen LogP) is 3.48. The molecule has 26 heavy (non-hydrogen) atoms. The molecule has 2 bridgehead atoms. The molecule has 7 nitrogen and oxygen atoms in total. The van der Waals surface area contributed by atoms with Crippen molar-refractivity contribution in [3.8, 4) is 0 Å². The SMILES string of the molecule is CC12CC(C1)C([C@@H](O)c1cccc(N=NN3CCCC3)c1F)N2C(=O)O. The summed E-state index contributed by atoms with van der Waals surface area (Å²) in [5, 5.41) is 30.2. The summed E-state index contributed by atoms with van der Waals surface area (Å²) in [6.45, 7) is 3.49. The van der Waals surface area contributed by atoms with Crippen LogP contribution in [0.15, 0.2) is 28.5 Å². The molecule has 3 saturated heterocycles. The van der Waals surface area contributed by atoms with Crippen molar-refractivity contribution in [1.29, 1.82) is 0 Å². The van der Waals surface area contributed by atoms with Gasteiger partial charge >= 0.3 is 6.09 Å². The number of fused-ring (bicyclic) bond motifs is 1. The third-order valence-electron chi connectivity index (χ3n) is 5.98. The second-order valence-corrected chi connectivity index (χ2v) is 7.78. The molecule has 1 saturated carbocycles. The minimum absolute atomic E-state index is 0.0559. The summed E-state index contributed by atoms with van der Waals surface area (Å²) in [5.41, 5.74) is -0.312. The fourth-order valence-electron chi connectivity index (χ4n) is 4.76. The van der Waals surface area contributed by atoms with E-state index in [1.807, 2.05) is 6.92 Å². The van der Waals surface area contributed by atoms with Crippen LogP contribution in [0.5, 0.6) is 0 Å². The lowest BCUT2D eigenvalue weighted by Gasteiger charge is -2.37. The quantitative estimate of drug-likeness (QED) is 0.803. The number of hydrogen-bond donors (Lipinski definition) is 2. The molecule has 1 aliphatic carbocycles. The van der Waals surface area contributed by atoms with Crippen LogP contribution in [0, 0.1) is 11.7 Å². The lowest BCUT2D eigenvalue weighted by Crippen LogP contribution is -2.47. The Kier molecular flexibility index (Phi) is 4.10. The highest BCUT2D eigenvalue weighted by Crippen LogP contribution is 2.57. The maximum atomic E-state index is 14.9. The lowest BCUT2D eigenvalue weighted by atomic mass is 9.72. The van der Waals surface area contributed by atoms with Crippen molar-refractivity contribution < 1.29 is 19.4 Å². The smallest absolute Gasteiger partial charge is 0.408 e. The second-order valence-electron chi connectivity index (χ2n) is 7.78. The first-order chi connectivity index (χ1) is 12.4. The maximum Gasteiger partial charge on any atom is 0.408 e. The van der Waals surface area contributed by atoms with Crippen LogP contribution in [-0.4, -0.2) is 50.9 Å². The molecule has 3 heterocycles. The number of carboxylic acid groups (broad SMARTS) is 1. The fourth-order valence-corrected chi connectivity index (χ4v) is 4.76. The first-order valence-electron chi connectivity index (χ1n) is 9.06. The first kappa shape index (κ1) is 17.2. The van der Waals surface area contributed by atoms with Crippen molar-refractivity contribution >= 4 is 11.8 Å². The zero-order chi connectivity index (χ0) is 18.5. The van der Waals surface area contributed by atoms with Gasteiger partial charge in [0, 0.05) is 24.2 Å². The van der Waals surface area contributed by atoms with Gasteiger partial charge in [-0.3, -0.25) is 9.91 Å². The molecule has 1 aromatic rings. The Morgan fingerprint density at radius 3 is 2.69 bits per heavy atom. The number of carbonyl (C=O) groups is 1. The molecule has 1 aromatic carbocycles. The van der Waals surface area contributed by atoms with Gasteiger partial charge in [0.05, 0.1) is 6.04 Å². The van der Waals surface area contributed by atoms with Gasteiger partial charge in [-0.15, -0.1) is 5.11 Å². The Balaban J connectivity index is 1.59. The van der Waals surface area contributed by atoms with Crippen LogP contribution in [0.2, 0.25) is 0 Å². The van der Waals surface area contributed by atoms with Crippen LogP contribution in [-0.2, 0) is 0 Å². The van der Waals surface area contributed by atoms with Crippen LogP contribution in [0.4, 0.5) is 14.9 Å². The fraction of sp³-hybridized carbons (Fsp3) is 0.611. The topological polar surface area (TPSA) is 88.7 Å². The van der Waals surface area contributed by atoms with Gasteiger partial charge in [0.2, 0.25) is 0 Å². The molecular weight excluding hydrogens is 339 g/mol. The van der Waals surface area contributed by atoms with Crippen molar-refractivity contribution in [1.82, 2.24) is 9.91 Å². The van der Waals surface area contributed by atoms with Crippen LogP contribution in [0.3, 0.4) is 0 Å². The zero-order valence-electron chi connectivity index (χ0n) is 14.7. The van der Waals surface area contributed by atoms with Gasteiger partial charge in [-0.1, -0.05) is 17.4 Å². The van der Waals surface area contributed by atoms with Gasteiger partial charge in [-0.25, -0.2) is 9.18 Å². The average Bonchev–Trinajstić information content (AvgIpc) is 3.25. The molecule has 140 valence electrons. The highest BCUT2D eigenvalue weighted by molar-refractivity contribution is 5.68. The van der Waals surface area contributed by atoms with Crippen LogP contribution < -0.4 is 0 Å². The van der Waals surface area contributed by atoms with Crippen LogP contribution in [0.25, 0.3) is 0 Å². The van der Waals surface area contributed by atoms with Crippen molar-refractivity contribution in [2.24, 2.45) is 16.3 Å². The van der Waals surface area contributed by atoms with Crippen molar-refractivity contribution in [3.05, 3.63) is 29.6 Å². The normalized spacial score (nSPS) is 31.5. The number of halogens is 1. The highest BCUT2D eigenvalue weighted by atomic mass is 19.1. The molecule has 8 heteroatoms. The van der Waals surface area contributed by atoms with Crippen LogP contribution >= 0.6 is 0 Å². The maximum absolute atomic E-state index is 14.9. The van der Waals surface area contributed by atoms with Gasteiger partial charge in [-0.05, 0) is 44.6 Å². The summed E-state index contributed by atoms with van der Waals surface area (Å²) in [6.07, 6.45) is 1.22. The Bertz CT molecular complexity index is 744. The van der Waals surface area contributed by atoms with E-state index >= 15 is 0 Å². The third-order valence-corrected chi connectivity index (χ3v) is 5.98. The molecule has 4 aliphatic rings. The number of rotatable bonds is 4. The Labute approximate surface area is 151 Å². The van der Waals surface area contributed by atoms with E-state index in [9.17, 15) is 19.4 Å². The van der Waals surface area contributed by atoms with Gasteiger partial charge in [0.1, 0.15) is 11.8 Å². The molecule has 4 fully saturated rings. The molecule has 5 rings (SSSR count). The standard InChI is InChI=1S/C18H23FN4O3/c1-18-9-11(10-18)15(23(18)17(25)26)16(24)12-5-4-6-13(14(12)19)20-21-22-7-2-3-8-22/h4-6,11,15-16,24H,2-3,7-10H2,1H3,(H,25,26)/t11?,15?,16-,18?/m0/s1. The number of amides is 1. The molecular formula is C18H23FN4O3. The van der Waals surface area contributed by atoms with E-state index in [-0.39, 0.29) is 17.2 Å². The number of benzene rings is 1. The van der Waals surface area contributed by atoms with E-state index in [1.54, 1.807) is 11.1 Å². The summed E-state index contributed by atoms with van der Waals surface area (Å²) >= 11 is 0. The molecule has 2 N–H and O–H groups in total. The minimum Gasteiger partial charge on any atom is -0.465 e. The first-order valence-corrected chi connectivity index (χ1v) is 9.06. The van der Waals surface area contributed by atoms with E-state index < -0.39 is 29.6 Å². The van der Waals surface area contributed by atoms with Crippen LogP contribution in [0.1, 0.15) is 44.3 Å². The van der Waals surface area contributed by atoms with E-state index in [0.717, 1.165) is 25.9 Å². The molecule has 3 aliphatic heterocycles.